The molecule has 7 aromatic rings. The largest absolute Gasteiger partial charge is 0.256 e. The van der Waals surface area contributed by atoms with Gasteiger partial charge in [0.25, 0.3) is 0 Å². The van der Waals surface area contributed by atoms with Crippen LogP contribution >= 0.6 is 0 Å². The Kier molecular flexibility index (Phi) is 6.16. The molecule has 8 rings (SSSR count). The monoisotopic (exact) mass is 550 g/mol. The molecule has 4 nitrogen and oxygen atoms in total. The van der Waals surface area contributed by atoms with Crippen molar-refractivity contribution in [1.82, 2.24) is 19.9 Å². The quantitative estimate of drug-likeness (QED) is 0.214. The molecule has 0 amide bonds. The van der Waals surface area contributed by atoms with E-state index in [1.165, 1.54) is 27.8 Å². The van der Waals surface area contributed by atoms with E-state index in [1.807, 2.05) is 72.9 Å². The Balaban J connectivity index is 1.15. The van der Waals surface area contributed by atoms with Crippen LogP contribution in [0.15, 0.2) is 146 Å². The summed E-state index contributed by atoms with van der Waals surface area (Å²) >= 11 is 0. The van der Waals surface area contributed by atoms with E-state index in [2.05, 4.69) is 77.8 Å². The molecule has 5 aromatic carbocycles. The Labute approximate surface area is 250 Å². The zero-order valence-electron chi connectivity index (χ0n) is 23.4. The highest BCUT2D eigenvalue weighted by Gasteiger charge is 2.22. The minimum Gasteiger partial charge on any atom is -0.256 e. The number of pyridine rings is 1. The van der Waals surface area contributed by atoms with Crippen LogP contribution in [0.2, 0.25) is 0 Å². The molecule has 0 radical (unpaired) electrons. The van der Waals surface area contributed by atoms with Crippen LogP contribution in [0.4, 0.5) is 0 Å². The molecule has 0 unspecified atom stereocenters. The van der Waals surface area contributed by atoms with Crippen LogP contribution in [0.3, 0.4) is 0 Å². The molecule has 43 heavy (non-hydrogen) atoms. The standard InChI is InChI=1S/C39H26N4/c1-3-10-28(11-4-1)37-41-38(29-12-5-2-6-13-29)43-39(42-37)32-15-7-14-30(24-32)26-19-21-27(22-20-26)33-17-8-18-34-35(33)25-31-16-9-23-40-36(31)34/h1-24H,25H2. The van der Waals surface area contributed by atoms with E-state index in [0.717, 1.165) is 39.9 Å². The van der Waals surface area contributed by atoms with Crippen molar-refractivity contribution in [2.45, 2.75) is 6.42 Å². The first-order valence-corrected chi connectivity index (χ1v) is 14.4. The summed E-state index contributed by atoms with van der Waals surface area (Å²) in [5.74, 6) is 1.97. The third-order valence-corrected chi connectivity index (χ3v) is 8.04. The van der Waals surface area contributed by atoms with Crippen molar-refractivity contribution in [3.8, 4) is 67.7 Å². The van der Waals surface area contributed by atoms with Gasteiger partial charge in [-0.1, -0.05) is 127 Å². The molecule has 0 aliphatic heterocycles. The second-order valence-electron chi connectivity index (χ2n) is 10.7. The van der Waals surface area contributed by atoms with E-state index in [0.29, 0.717) is 17.5 Å². The molecular formula is C39H26N4. The Bertz CT molecular complexity index is 2030. The van der Waals surface area contributed by atoms with Crippen LogP contribution in [-0.2, 0) is 6.42 Å². The lowest BCUT2D eigenvalue weighted by Gasteiger charge is -2.11. The van der Waals surface area contributed by atoms with Crippen molar-refractivity contribution in [3.63, 3.8) is 0 Å². The highest BCUT2D eigenvalue weighted by atomic mass is 15.0. The third-order valence-electron chi connectivity index (χ3n) is 8.04. The maximum absolute atomic E-state index is 4.91. The highest BCUT2D eigenvalue weighted by Crippen LogP contribution is 2.40. The van der Waals surface area contributed by atoms with Crippen molar-refractivity contribution in [1.29, 1.82) is 0 Å². The lowest BCUT2D eigenvalue weighted by Crippen LogP contribution is -2.00. The number of hydrogen-bond donors (Lipinski definition) is 0. The minimum atomic E-state index is 0.652. The van der Waals surface area contributed by atoms with E-state index >= 15 is 0 Å². The molecule has 0 N–H and O–H groups in total. The molecule has 0 spiro atoms. The fourth-order valence-corrected chi connectivity index (χ4v) is 5.90. The number of benzene rings is 5. The van der Waals surface area contributed by atoms with Crippen molar-refractivity contribution >= 4 is 0 Å². The zero-order valence-corrected chi connectivity index (χ0v) is 23.4. The second-order valence-corrected chi connectivity index (χ2v) is 10.7. The van der Waals surface area contributed by atoms with Crippen LogP contribution < -0.4 is 0 Å². The Morgan fingerprint density at radius 2 is 0.953 bits per heavy atom. The van der Waals surface area contributed by atoms with E-state index in [1.54, 1.807) is 0 Å². The first-order chi connectivity index (χ1) is 21.3. The van der Waals surface area contributed by atoms with Crippen LogP contribution in [0, 0.1) is 0 Å². The van der Waals surface area contributed by atoms with E-state index < -0.39 is 0 Å². The molecule has 0 fully saturated rings. The van der Waals surface area contributed by atoms with E-state index in [4.69, 9.17) is 15.0 Å². The fraction of sp³-hybridized carbons (Fsp3) is 0.0256. The lowest BCUT2D eigenvalue weighted by atomic mass is 9.94. The maximum atomic E-state index is 4.91. The SMILES string of the molecule is c1ccc(-c2nc(-c3ccccc3)nc(-c3cccc(-c4ccc(-c5cccc6c5Cc5cccnc5-6)cc4)c3)n2)cc1. The predicted octanol–water partition coefficient (Wildman–Crippen LogP) is 9.17. The van der Waals surface area contributed by atoms with Gasteiger partial charge in [0.05, 0.1) is 5.69 Å². The Hall–Kier alpha value is -5.74. The van der Waals surface area contributed by atoms with Crippen LogP contribution in [0.25, 0.3) is 67.7 Å². The molecule has 1 aliphatic carbocycles. The first-order valence-electron chi connectivity index (χ1n) is 14.4. The molecule has 0 saturated carbocycles. The average Bonchev–Trinajstić information content (AvgIpc) is 3.48. The highest BCUT2D eigenvalue weighted by molar-refractivity contribution is 5.84. The van der Waals surface area contributed by atoms with Gasteiger partial charge in [-0.25, -0.2) is 15.0 Å². The molecule has 0 bridgehead atoms. The van der Waals surface area contributed by atoms with Crippen molar-refractivity contribution in [2.24, 2.45) is 0 Å². The van der Waals surface area contributed by atoms with Gasteiger partial charge in [0.2, 0.25) is 0 Å². The summed E-state index contributed by atoms with van der Waals surface area (Å²) in [6, 6.07) is 48.2. The van der Waals surface area contributed by atoms with Gasteiger partial charge in [-0.3, -0.25) is 4.98 Å². The van der Waals surface area contributed by atoms with Gasteiger partial charge in [0.1, 0.15) is 0 Å². The van der Waals surface area contributed by atoms with Crippen molar-refractivity contribution < 1.29 is 0 Å². The number of fused-ring (bicyclic) bond motifs is 3. The zero-order chi connectivity index (χ0) is 28.6. The lowest BCUT2D eigenvalue weighted by molar-refractivity contribution is 1.07. The molecule has 202 valence electrons. The topological polar surface area (TPSA) is 51.6 Å². The smallest absolute Gasteiger partial charge is 0.164 e. The van der Waals surface area contributed by atoms with Crippen LogP contribution in [-0.4, -0.2) is 19.9 Å². The summed E-state index contributed by atoms with van der Waals surface area (Å²) in [4.78, 5) is 19.3. The van der Waals surface area contributed by atoms with Gasteiger partial charge in [-0.15, -0.1) is 0 Å². The summed E-state index contributed by atoms with van der Waals surface area (Å²) < 4.78 is 0. The molecule has 0 atom stereocenters. The normalized spacial score (nSPS) is 11.6. The molecule has 4 heteroatoms. The minimum absolute atomic E-state index is 0.652. The summed E-state index contributed by atoms with van der Waals surface area (Å²) in [5.41, 5.74) is 12.6. The Morgan fingerprint density at radius 3 is 1.65 bits per heavy atom. The van der Waals surface area contributed by atoms with Crippen LogP contribution in [0.1, 0.15) is 11.1 Å². The second kappa shape index (κ2) is 10.6. The molecule has 2 heterocycles. The Morgan fingerprint density at radius 1 is 0.395 bits per heavy atom. The predicted molar refractivity (Wildman–Crippen MR) is 173 cm³/mol. The average molecular weight is 551 g/mol. The molecular weight excluding hydrogens is 524 g/mol. The number of aromatic nitrogens is 4. The third kappa shape index (κ3) is 4.69. The van der Waals surface area contributed by atoms with Crippen LogP contribution in [0.5, 0.6) is 0 Å². The molecule has 1 aliphatic rings. The van der Waals surface area contributed by atoms with Gasteiger partial charge in [-0.2, -0.15) is 0 Å². The molecule has 2 aromatic heterocycles. The van der Waals surface area contributed by atoms with Gasteiger partial charge >= 0.3 is 0 Å². The van der Waals surface area contributed by atoms with Gasteiger partial charge < -0.3 is 0 Å². The maximum Gasteiger partial charge on any atom is 0.164 e. The van der Waals surface area contributed by atoms with Crippen molar-refractivity contribution in [2.75, 3.05) is 0 Å². The number of hydrogen-bond acceptors (Lipinski definition) is 4. The summed E-state index contributed by atoms with van der Waals surface area (Å²) in [6.45, 7) is 0. The van der Waals surface area contributed by atoms with Gasteiger partial charge in [0.15, 0.2) is 17.5 Å². The molecule has 0 saturated heterocycles. The van der Waals surface area contributed by atoms with E-state index in [9.17, 15) is 0 Å². The van der Waals surface area contributed by atoms with E-state index in [-0.39, 0.29) is 0 Å². The first kappa shape index (κ1) is 25.0. The number of nitrogens with zero attached hydrogens (tertiary/aromatic N) is 4. The van der Waals surface area contributed by atoms with Gasteiger partial charge in [-0.05, 0) is 45.5 Å². The fourth-order valence-electron chi connectivity index (χ4n) is 5.90. The van der Waals surface area contributed by atoms with Crippen molar-refractivity contribution in [3.05, 3.63) is 157 Å². The summed E-state index contributed by atoms with van der Waals surface area (Å²) in [7, 11) is 0. The summed E-state index contributed by atoms with van der Waals surface area (Å²) in [6.07, 6.45) is 2.80. The number of rotatable bonds is 5. The van der Waals surface area contributed by atoms with Gasteiger partial charge in [0, 0.05) is 34.9 Å². The summed E-state index contributed by atoms with van der Waals surface area (Å²) in [5, 5.41) is 0.